The first-order valence-corrected chi connectivity index (χ1v) is 8.19. The van der Waals surface area contributed by atoms with Gasteiger partial charge in [0.25, 0.3) is 0 Å². The number of hydrogen-bond acceptors (Lipinski definition) is 5. The second-order valence-corrected chi connectivity index (χ2v) is 6.25. The molecule has 116 valence electrons. The third kappa shape index (κ3) is 3.95. The average Bonchev–Trinajstić information content (AvgIpc) is 2.83. The van der Waals surface area contributed by atoms with E-state index in [-0.39, 0.29) is 0 Å². The maximum atomic E-state index is 11.9. The lowest BCUT2D eigenvalue weighted by atomic mass is 9.97. The van der Waals surface area contributed by atoms with Crippen molar-refractivity contribution in [2.24, 2.45) is 10.9 Å². The molecule has 0 aliphatic carbocycles. The second-order valence-electron chi connectivity index (χ2n) is 4.44. The smallest absolute Gasteiger partial charge is 0.351 e. The molecule has 0 amide bonds. The summed E-state index contributed by atoms with van der Waals surface area (Å²) in [5.41, 5.74) is 1.12. The lowest BCUT2D eigenvalue weighted by Gasteiger charge is -2.12. The molecule has 0 aliphatic heterocycles. The van der Waals surface area contributed by atoms with E-state index in [1.54, 1.807) is 20.4 Å². The number of halogens is 1. The zero-order chi connectivity index (χ0) is 16.0. The van der Waals surface area contributed by atoms with Gasteiger partial charge in [-0.2, -0.15) is 0 Å². The molecule has 1 aromatic rings. The number of methoxy groups -OCH3 is 2. The highest BCUT2D eigenvalue weighted by molar-refractivity contribution is 9.10. The van der Waals surface area contributed by atoms with Crippen molar-refractivity contribution in [3.8, 4) is 5.75 Å². The summed E-state index contributed by atoms with van der Waals surface area (Å²) in [7, 11) is 4.64. The molecule has 0 saturated carbocycles. The van der Waals surface area contributed by atoms with Gasteiger partial charge in [-0.05, 0) is 39.9 Å². The fourth-order valence-corrected chi connectivity index (χ4v) is 4.01. The Morgan fingerprint density at radius 2 is 2.10 bits per heavy atom. The van der Waals surface area contributed by atoms with Crippen LogP contribution in [0, 0.1) is 5.92 Å². The number of esters is 1. The van der Waals surface area contributed by atoms with Gasteiger partial charge in [-0.3, -0.25) is 4.99 Å². The predicted octanol–water partition coefficient (Wildman–Crippen LogP) is 4.44. The van der Waals surface area contributed by atoms with E-state index in [2.05, 4.69) is 34.8 Å². The van der Waals surface area contributed by atoms with E-state index in [4.69, 9.17) is 9.47 Å². The number of ether oxygens (including phenoxy) is 2. The third-order valence-corrected chi connectivity index (χ3v) is 5.41. The molecule has 0 bridgehead atoms. The molecule has 1 heterocycles. The number of allylic oxidation sites excluding steroid dienone is 2. The predicted molar refractivity (Wildman–Crippen MR) is 91.8 cm³/mol. The second kappa shape index (κ2) is 8.34. The number of thiophene rings is 1. The minimum atomic E-state index is -0.392. The van der Waals surface area contributed by atoms with Gasteiger partial charge in [0.05, 0.1) is 18.7 Å². The summed E-state index contributed by atoms with van der Waals surface area (Å²) in [5.74, 6) is 0.467. The number of rotatable bonds is 6. The normalized spacial score (nSPS) is 13.5. The van der Waals surface area contributed by atoms with Gasteiger partial charge in [-0.15, -0.1) is 11.3 Å². The molecular formula is C15H20BrNO3S. The first-order valence-electron chi connectivity index (χ1n) is 6.58. The molecular weight excluding hydrogens is 354 g/mol. The molecule has 1 atom stereocenters. The van der Waals surface area contributed by atoms with Crippen molar-refractivity contribution >= 4 is 45.0 Å². The van der Waals surface area contributed by atoms with Crippen LogP contribution in [0.25, 0.3) is 5.57 Å². The standard InChI is InChI=1S/C15H20BrNO3S/c1-6-9(2)10(7-8-17-3)13-11(16)12(19-4)14(21-13)15(18)20-5/h7-9H,6H2,1-5H3/b10-7+,17-8-/t9-/m1/s1. The Hall–Kier alpha value is -1.14. The van der Waals surface area contributed by atoms with Crippen LogP contribution >= 0.6 is 27.3 Å². The fourth-order valence-electron chi connectivity index (χ4n) is 1.83. The topological polar surface area (TPSA) is 47.9 Å². The fraction of sp³-hybridized carbons (Fsp3) is 0.467. The average molecular weight is 374 g/mol. The number of nitrogens with zero attached hydrogens (tertiary/aromatic N) is 1. The molecule has 0 unspecified atom stereocenters. The van der Waals surface area contributed by atoms with Crippen LogP contribution in [0.15, 0.2) is 15.5 Å². The molecule has 1 rings (SSSR count). The Balaban J connectivity index is 3.46. The van der Waals surface area contributed by atoms with Crippen molar-refractivity contribution in [3.05, 3.63) is 20.3 Å². The molecule has 0 N–H and O–H groups in total. The van der Waals surface area contributed by atoms with E-state index in [9.17, 15) is 4.79 Å². The Morgan fingerprint density at radius 1 is 1.43 bits per heavy atom. The Labute approximate surface area is 138 Å². The number of carbonyl (C=O) groups is 1. The maximum absolute atomic E-state index is 11.9. The van der Waals surface area contributed by atoms with E-state index < -0.39 is 5.97 Å². The molecule has 0 spiro atoms. The molecule has 4 nitrogen and oxygen atoms in total. The summed E-state index contributed by atoms with van der Waals surface area (Å²) in [6, 6.07) is 0. The van der Waals surface area contributed by atoms with Crippen molar-refractivity contribution in [1.82, 2.24) is 0 Å². The minimum absolute atomic E-state index is 0.341. The van der Waals surface area contributed by atoms with Gasteiger partial charge in [0.1, 0.15) is 0 Å². The van der Waals surface area contributed by atoms with Crippen LogP contribution in [0.1, 0.15) is 34.8 Å². The monoisotopic (exact) mass is 373 g/mol. The lowest BCUT2D eigenvalue weighted by molar-refractivity contribution is 0.0603. The number of hydrogen-bond donors (Lipinski definition) is 0. The zero-order valence-corrected chi connectivity index (χ0v) is 15.3. The van der Waals surface area contributed by atoms with Gasteiger partial charge in [-0.1, -0.05) is 13.8 Å². The van der Waals surface area contributed by atoms with Gasteiger partial charge in [-0.25, -0.2) is 4.79 Å². The van der Waals surface area contributed by atoms with Crippen LogP contribution in [-0.2, 0) is 4.74 Å². The molecule has 1 aromatic heterocycles. The van der Waals surface area contributed by atoms with Gasteiger partial charge >= 0.3 is 5.97 Å². The first-order chi connectivity index (χ1) is 10.0. The lowest BCUT2D eigenvalue weighted by Crippen LogP contribution is -2.00. The molecule has 0 aliphatic rings. The molecule has 0 saturated heterocycles. The van der Waals surface area contributed by atoms with Crippen LogP contribution in [0.2, 0.25) is 0 Å². The van der Waals surface area contributed by atoms with Crippen molar-refractivity contribution < 1.29 is 14.3 Å². The Kier molecular flexibility index (Phi) is 7.11. The molecule has 6 heteroatoms. The van der Waals surface area contributed by atoms with Crippen molar-refractivity contribution in [2.75, 3.05) is 21.3 Å². The van der Waals surface area contributed by atoms with Crippen LogP contribution in [0.4, 0.5) is 0 Å². The summed E-state index contributed by atoms with van der Waals surface area (Å²) >= 11 is 4.91. The maximum Gasteiger partial charge on any atom is 0.351 e. The summed E-state index contributed by atoms with van der Waals surface area (Å²) in [5, 5.41) is 0. The van der Waals surface area contributed by atoms with Gasteiger partial charge in [0, 0.05) is 18.1 Å². The summed E-state index contributed by atoms with van der Waals surface area (Å²) in [6.07, 6.45) is 4.73. The summed E-state index contributed by atoms with van der Waals surface area (Å²) < 4.78 is 11.0. The van der Waals surface area contributed by atoms with Crippen molar-refractivity contribution in [2.45, 2.75) is 20.3 Å². The molecule has 21 heavy (non-hydrogen) atoms. The Bertz CT molecular complexity index is 564. The van der Waals surface area contributed by atoms with Crippen molar-refractivity contribution in [3.63, 3.8) is 0 Å². The van der Waals surface area contributed by atoms with Crippen molar-refractivity contribution in [1.29, 1.82) is 0 Å². The van der Waals surface area contributed by atoms with Crippen LogP contribution in [0.5, 0.6) is 5.75 Å². The largest absolute Gasteiger partial charge is 0.494 e. The van der Waals surface area contributed by atoms with Crippen LogP contribution in [-0.4, -0.2) is 33.5 Å². The number of aliphatic imine (C=N–C) groups is 1. The van der Waals surface area contributed by atoms with Gasteiger partial charge in [0.15, 0.2) is 10.6 Å². The van der Waals surface area contributed by atoms with E-state index in [1.807, 2.05) is 6.08 Å². The van der Waals surface area contributed by atoms with Crippen LogP contribution in [0.3, 0.4) is 0 Å². The van der Waals surface area contributed by atoms with Gasteiger partial charge < -0.3 is 9.47 Å². The van der Waals surface area contributed by atoms with E-state index in [0.29, 0.717) is 16.5 Å². The Morgan fingerprint density at radius 3 is 2.57 bits per heavy atom. The summed E-state index contributed by atoms with van der Waals surface area (Å²) in [6.45, 7) is 4.27. The first kappa shape index (κ1) is 17.9. The minimum Gasteiger partial charge on any atom is -0.494 e. The summed E-state index contributed by atoms with van der Waals surface area (Å²) in [4.78, 5) is 17.3. The van der Waals surface area contributed by atoms with E-state index in [0.717, 1.165) is 21.3 Å². The zero-order valence-electron chi connectivity index (χ0n) is 12.9. The molecule has 0 fully saturated rings. The van der Waals surface area contributed by atoms with Gasteiger partial charge in [0.2, 0.25) is 0 Å². The highest BCUT2D eigenvalue weighted by Gasteiger charge is 2.26. The molecule has 0 radical (unpaired) electrons. The van der Waals surface area contributed by atoms with E-state index >= 15 is 0 Å². The SMILES string of the molecule is CC[C@@H](C)/C(=C\C=N/C)c1sc(C(=O)OC)c(OC)c1Br. The van der Waals surface area contributed by atoms with Crippen LogP contribution < -0.4 is 4.74 Å². The van der Waals surface area contributed by atoms with E-state index in [1.165, 1.54) is 18.4 Å². The highest BCUT2D eigenvalue weighted by Crippen LogP contribution is 2.45. The molecule has 0 aromatic carbocycles. The number of carbonyl (C=O) groups excluding carboxylic acids is 1. The highest BCUT2D eigenvalue weighted by atomic mass is 79.9. The quantitative estimate of drug-likeness (QED) is 0.547. The third-order valence-electron chi connectivity index (χ3n) is 3.19.